The van der Waals surface area contributed by atoms with Crippen molar-refractivity contribution in [3.05, 3.63) is 65.7 Å². The van der Waals surface area contributed by atoms with Crippen molar-refractivity contribution in [1.29, 1.82) is 0 Å². The number of carbonyl (C=O) groups is 3. The van der Waals surface area contributed by atoms with Gasteiger partial charge in [-0.2, -0.15) is 0 Å². The fourth-order valence-corrected chi connectivity index (χ4v) is 4.77. The summed E-state index contributed by atoms with van der Waals surface area (Å²) < 4.78 is 15.2. The summed E-state index contributed by atoms with van der Waals surface area (Å²) in [5, 5.41) is 12.2. The Hall–Kier alpha value is -3.10. The fourth-order valence-electron chi connectivity index (χ4n) is 4.55. The molecule has 1 N–H and O–H groups in total. The number of amides is 1. The molecule has 0 bridgehead atoms. The highest BCUT2D eigenvalue weighted by Gasteiger charge is 2.77. The first-order valence-corrected chi connectivity index (χ1v) is 10.8. The number of carbonyl (C=O) groups excluding carboxylic acids is 3. The molecule has 0 saturated carbocycles. The quantitative estimate of drug-likeness (QED) is 0.355. The van der Waals surface area contributed by atoms with E-state index in [2.05, 4.69) is 0 Å². The van der Waals surface area contributed by atoms with Gasteiger partial charge in [0, 0.05) is 12.4 Å². The Bertz CT molecular complexity index is 995. The van der Waals surface area contributed by atoms with Gasteiger partial charge in [-0.15, -0.1) is 11.6 Å². The number of benzene rings is 2. The molecule has 1 fully saturated rings. The van der Waals surface area contributed by atoms with E-state index in [1.807, 2.05) is 0 Å². The molecular formula is C24H26ClNO7. The number of esters is 2. The van der Waals surface area contributed by atoms with E-state index in [-0.39, 0.29) is 24.4 Å². The van der Waals surface area contributed by atoms with E-state index in [1.165, 1.54) is 7.11 Å². The van der Waals surface area contributed by atoms with Crippen molar-refractivity contribution in [2.75, 3.05) is 27.2 Å². The summed E-state index contributed by atoms with van der Waals surface area (Å²) in [6.45, 7) is -0.166. The molecule has 33 heavy (non-hydrogen) atoms. The maximum absolute atomic E-state index is 13.7. The molecule has 1 saturated heterocycles. The Balaban J connectivity index is 2.30. The van der Waals surface area contributed by atoms with Crippen LogP contribution < -0.4 is 4.74 Å². The number of methoxy groups -OCH3 is 3. The van der Waals surface area contributed by atoms with Gasteiger partial charge in [-0.3, -0.25) is 4.79 Å². The van der Waals surface area contributed by atoms with Crippen molar-refractivity contribution < 1.29 is 33.7 Å². The van der Waals surface area contributed by atoms with Crippen molar-refractivity contribution in [2.24, 2.45) is 5.92 Å². The first-order chi connectivity index (χ1) is 15.8. The van der Waals surface area contributed by atoms with E-state index in [4.69, 9.17) is 25.8 Å². The van der Waals surface area contributed by atoms with Crippen LogP contribution in [0.4, 0.5) is 0 Å². The van der Waals surface area contributed by atoms with E-state index in [0.29, 0.717) is 11.3 Å². The largest absolute Gasteiger partial charge is 0.497 e. The lowest BCUT2D eigenvalue weighted by Gasteiger charge is -2.42. The van der Waals surface area contributed by atoms with E-state index < -0.39 is 34.9 Å². The van der Waals surface area contributed by atoms with Crippen LogP contribution in [0.15, 0.2) is 54.6 Å². The molecule has 1 aliphatic heterocycles. The highest BCUT2D eigenvalue weighted by Crippen LogP contribution is 2.53. The number of likely N-dealkylation sites (tertiary alicyclic amines) is 1. The number of alkyl halides is 1. The summed E-state index contributed by atoms with van der Waals surface area (Å²) in [4.78, 5) is 41.6. The lowest BCUT2D eigenvalue weighted by molar-refractivity contribution is -0.191. The zero-order valence-corrected chi connectivity index (χ0v) is 19.4. The second-order valence-corrected chi connectivity index (χ2v) is 8.01. The number of nitrogens with zero attached hydrogens (tertiary/aromatic N) is 1. The van der Waals surface area contributed by atoms with Gasteiger partial charge in [0.2, 0.25) is 5.91 Å². The predicted molar refractivity (Wildman–Crippen MR) is 119 cm³/mol. The number of aliphatic hydroxyl groups is 1. The van der Waals surface area contributed by atoms with Gasteiger partial charge >= 0.3 is 11.9 Å². The summed E-state index contributed by atoms with van der Waals surface area (Å²) in [7, 11) is 3.70. The van der Waals surface area contributed by atoms with Gasteiger partial charge < -0.3 is 24.2 Å². The highest BCUT2D eigenvalue weighted by molar-refractivity contribution is 6.18. The monoisotopic (exact) mass is 475 g/mol. The van der Waals surface area contributed by atoms with Gasteiger partial charge in [-0.1, -0.05) is 42.5 Å². The third-order valence-electron chi connectivity index (χ3n) is 6.10. The maximum atomic E-state index is 13.7. The Morgan fingerprint density at radius 2 is 1.58 bits per heavy atom. The minimum atomic E-state index is -2.49. The molecule has 3 rings (SSSR count). The molecule has 1 heterocycles. The van der Waals surface area contributed by atoms with Crippen molar-refractivity contribution >= 4 is 29.4 Å². The summed E-state index contributed by atoms with van der Waals surface area (Å²) in [6, 6.07) is 14.9. The molecule has 1 amide bonds. The molecule has 1 aliphatic rings. The van der Waals surface area contributed by atoms with E-state index in [0.717, 1.165) is 19.1 Å². The van der Waals surface area contributed by atoms with Crippen molar-refractivity contribution in [1.82, 2.24) is 4.90 Å². The highest BCUT2D eigenvalue weighted by atomic mass is 35.5. The fraction of sp³-hybridized carbons (Fsp3) is 0.375. The molecule has 2 aromatic rings. The molecule has 0 aliphatic carbocycles. The van der Waals surface area contributed by atoms with Crippen LogP contribution in [0.25, 0.3) is 0 Å². The molecule has 0 aromatic heterocycles. The Morgan fingerprint density at radius 1 is 1.00 bits per heavy atom. The summed E-state index contributed by atoms with van der Waals surface area (Å²) in [6.07, 6.45) is 0.0145. The topological polar surface area (TPSA) is 102 Å². The molecule has 2 aromatic carbocycles. The molecule has 8 nitrogen and oxygen atoms in total. The molecule has 2 unspecified atom stereocenters. The lowest BCUT2D eigenvalue weighted by Crippen LogP contribution is -2.68. The van der Waals surface area contributed by atoms with E-state index >= 15 is 0 Å². The summed E-state index contributed by atoms with van der Waals surface area (Å²) >= 11 is 5.99. The number of halogens is 1. The smallest absolute Gasteiger partial charge is 0.347 e. The normalized spacial score (nSPS) is 21.5. The number of rotatable bonds is 8. The van der Waals surface area contributed by atoms with Gasteiger partial charge in [0.25, 0.3) is 5.54 Å². The van der Waals surface area contributed by atoms with Crippen LogP contribution in [0, 0.1) is 5.92 Å². The van der Waals surface area contributed by atoms with Crippen LogP contribution >= 0.6 is 11.6 Å². The Kier molecular flexibility index (Phi) is 7.29. The van der Waals surface area contributed by atoms with Crippen LogP contribution in [0.1, 0.15) is 17.5 Å². The third-order valence-corrected chi connectivity index (χ3v) is 6.32. The SMILES string of the molecule is COC(=O)C1(C(=O)OC)N(Cc2ccc(OC)cc2)C(=O)C(CCCl)C1(O)c1ccccc1. The zero-order chi connectivity index (χ0) is 24.2. The zero-order valence-electron chi connectivity index (χ0n) is 18.6. The second-order valence-electron chi connectivity index (χ2n) is 7.63. The lowest BCUT2D eigenvalue weighted by atomic mass is 9.69. The van der Waals surface area contributed by atoms with Crippen LogP contribution in [0.5, 0.6) is 5.75 Å². The molecular weight excluding hydrogens is 450 g/mol. The van der Waals surface area contributed by atoms with E-state index in [9.17, 15) is 19.5 Å². The van der Waals surface area contributed by atoms with Crippen molar-refractivity contribution in [3.63, 3.8) is 0 Å². The average Bonchev–Trinajstić information content (AvgIpc) is 3.04. The summed E-state index contributed by atoms with van der Waals surface area (Å²) in [5.74, 6) is -3.43. The van der Waals surface area contributed by atoms with Gasteiger partial charge in [0.05, 0.1) is 27.2 Å². The van der Waals surface area contributed by atoms with Crippen molar-refractivity contribution in [3.8, 4) is 5.75 Å². The molecule has 176 valence electrons. The Morgan fingerprint density at radius 3 is 2.06 bits per heavy atom. The standard InChI is InChI=1S/C24H26ClNO7/c1-31-18-11-9-16(10-12-18)15-26-20(27)19(13-14-25)24(30,17-7-5-4-6-8-17)23(26,21(28)32-2)22(29)33-3/h4-12,19,30H,13-15H2,1-3H3. The second kappa shape index (κ2) is 9.80. The third kappa shape index (κ3) is 3.73. The van der Waals surface area contributed by atoms with E-state index in [1.54, 1.807) is 54.6 Å². The van der Waals surface area contributed by atoms with Crippen molar-refractivity contribution in [2.45, 2.75) is 24.1 Å². The number of ether oxygens (including phenoxy) is 3. The Labute approximate surface area is 197 Å². The first-order valence-electron chi connectivity index (χ1n) is 10.3. The number of hydrogen-bond acceptors (Lipinski definition) is 7. The van der Waals surface area contributed by atoms with Crippen LogP contribution in [-0.2, 0) is 36.0 Å². The first kappa shape index (κ1) is 24.5. The molecule has 0 radical (unpaired) electrons. The molecule has 2 atom stereocenters. The summed E-state index contributed by atoms with van der Waals surface area (Å²) in [5.41, 5.74) is -4.00. The average molecular weight is 476 g/mol. The van der Waals surface area contributed by atoms with Gasteiger partial charge in [0.1, 0.15) is 11.4 Å². The van der Waals surface area contributed by atoms with Gasteiger partial charge in [0.15, 0.2) is 0 Å². The minimum Gasteiger partial charge on any atom is -0.497 e. The predicted octanol–water partition coefficient (Wildman–Crippen LogP) is 2.26. The maximum Gasteiger partial charge on any atom is 0.347 e. The van der Waals surface area contributed by atoms with Crippen LogP contribution in [0.2, 0.25) is 0 Å². The van der Waals surface area contributed by atoms with Crippen LogP contribution in [-0.4, -0.2) is 60.6 Å². The molecule has 0 spiro atoms. The van der Waals surface area contributed by atoms with Gasteiger partial charge in [-0.05, 0) is 29.7 Å². The van der Waals surface area contributed by atoms with Crippen LogP contribution in [0.3, 0.4) is 0 Å². The molecule has 9 heteroatoms. The van der Waals surface area contributed by atoms with Gasteiger partial charge in [-0.25, -0.2) is 9.59 Å². The number of hydrogen-bond donors (Lipinski definition) is 1. The minimum absolute atomic E-state index is 0.0142.